The molecule has 0 bridgehead atoms. The monoisotopic (exact) mass is 272 g/mol. The predicted octanol–water partition coefficient (Wildman–Crippen LogP) is 4.35. The Morgan fingerprint density at radius 3 is 1.95 bits per heavy atom. The fraction of sp³-hybridized carbons (Fsp3) is 0. The Labute approximate surface area is 124 Å². The molecule has 102 valence electrons. The van der Waals surface area contributed by atoms with Gasteiger partial charge in [-0.3, -0.25) is 5.41 Å². The van der Waals surface area contributed by atoms with E-state index in [0.29, 0.717) is 11.4 Å². The van der Waals surface area contributed by atoms with Crippen molar-refractivity contribution in [2.24, 2.45) is 0 Å². The summed E-state index contributed by atoms with van der Waals surface area (Å²) in [7, 11) is 0. The number of nitrogen functional groups attached to an aromatic ring is 1. The SMILES string of the molecule is N=C(c1ccccc1)c1ccc(-c2ccccc2)cc1N. The van der Waals surface area contributed by atoms with Crippen LogP contribution in [0.5, 0.6) is 0 Å². The van der Waals surface area contributed by atoms with Crippen LogP contribution in [0.3, 0.4) is 0 Å². The van der Waals surface area contributed by atoms with Gasteiger partial charge in [-0.15, -0.1) is 0 Å². The van der Waals surface area contributed by atoms with Crippen LogP contribution in [-0.4, -0.2) is 5.71 Å². The van der Waals surface area contributed by atoms with E-state index in [9.17, 15) is 0 Å². The van der Waals surface area contributed by atoms with Crippen LogP contribution < -0.4 is 5.73 Å². The topological polar surface area (TPSA) is 49.9 Å². The van der Waals surface area contributed by atoms with Crippen molar-refractivity contribution in [1.29, 1.82) is 5.41 Å². The highest BCUT2D eigenvalue weighted by Gasteiger charge is 2.09. The van der Waals surface area contributed by atoms with Crippen LogP contribution >= 0.6 is 0 Å². The van der Waals surface area contributed by atoms with E-state index >= 15 is 0 Å². The second-order valence-electron chi connectivity index (χ2n) is 4.91. The third kappa shape index (κ3) is 2.70. The maximum atomic E-state index is 8.31. The van der Waals surface area contributed by atoms with Gasteiger partial charge >= 0.3 is 0 Å². The Morgan fingerprint density at radius 2 is 1.33 bits per heavy atom. The zero-order valence-corrected chi connectivity index (χ0v) is 11.6. The Bertz CT molecular complexity index is 762. The summed E-state index contributed by atoms with van der Waals surface area (Å²) in [6, 6.07) is 25.6. The van der Waals surface area contributed by atoms with Crippen molar-refractivity contribution < 1.29 is 0 Å². The van der Waals surface area contributed by atoms with Crippen LogP contribution in [0, 0.1) is 5.41 Å². The molecule has 0 fully saturated rings. The van der Waals surface area contributed by atoms with Gasteiger partial charge in [-0.25, -0.2) is 0 Å². The molecule has 3 N–H and O–H groups in total. The summed E-state index contributed by atoms with van der Waals surface area (Å²) in [5, 5.41) is 8.31. The normalized spacial score (nSPS) is 10.3. The molecular weight excluding hydrogens is 256 g/mol. The number of hydrogen-bond acceptors (Lipinski definition) is 2. The summed E-state index contributed by atoms with van der Waals surface area (Å²) in [4.78, 5) is 0. The zero-order chi connectivity index (χ0) is 14.7. The van der Waals surface area contributed by atoms with Crippen LogP contribution in [0.15, 0.2) is 78.9 Å². The van der Waals surface area contributed by atoms with Gasteiger partial charge in [0.1, 0.15) is 0 Å². The fourth-order valence-electron chi connectivity index (χ4n) is 2.36. The Hall–Kier alpha value is -2.87. The number of nitrogens with two attached hydrogens (primary N) is 1. The van der Waals surface area contributed by atoms with Gasteiger partial charge in [-0.05, 0) is 17.2 Å². The summed E-state index contributed by atoms with van der Waals surface area (Å²) >= 11 is 0. The first-order valence-corrected chi connectivity index (χ1v) is 6.85. The standard InChI is InChI=1S/C19H16N2/c20-18-13-16(14-7-3-1-4-8-14)11-12-17(18)19(21)15-9-5-2-6-10-15/h1-13,21H,20H2. The minimum absolute atomic E-state index is 0.452. The number of rotatable bonds is 3. The van der Waals surface area contributed by atoms with Crippen LogP contribution in [0.2, 0.25) is 0 Å². The van der Waals surface area contributed by atoms with Crippen molar-refractivity contribution in [2.75, 3.05) is 5.73 Å². The molecule has 2 nitrogen and oxygen atoms in total. The second-order valence-corrected chi connectivity index (χ2v) is 4.91. The number of anilines is 1. The molecule has 0 atom stereocenters. The molecule has 2 heteroatoms. The van der Waals surface area contributed by atoms with Crippen molar-refractivity contribution in [3.8, 4) is 11.1 Å². The second kappa shape index (κ2) is 5.63. The molecule has 3 aromatic rings. The molecule has 0 saturated carbocycles. The highest BCUT2D eigenvalue weighted by Crippen LogP contribution is 2.25. The maximum absolute atomic E-state index is 8.31. The summed E-state index contributed by atoms with van der Waals surface area (Å²) in [5.41, 5.74) is 11.1. The van der Waals surface area contributed by atoms with Gasteiger partial charge in [0.25, 0.3) is 0 Å². The smallest absolute Gasteiger partial charge is 0.0705 e. The van der Waals surface area contributed by atoms with Gasteiger partial charge in [0.2, 0.25) is 0 Å². The highest BCUT2D eigenvalue weighted by atomic mass is 14.6. The third-order valence-electron chi connectivity index (χ3n) is 3.49. The van der Waals surface area contributed by atoms with Gasteiger partial charge in [0, 0.05) is 16.8 Å². The molecule has 0 unspecified atom stereocenters. The Kier molecular flexibility index (Phi) is 3.52. The summed E-state index contributed by atoms with van der Waals surface area (Å²) in [6.07, 6.45) is 0. The lowest BCUT2D eigenvalue weighted by atomic mass is 9.97. The molecule has 0 radical (unpaired) electrons. The quantitative estimate of drug-likeness (QED) is 0.540. The van der Waals surface area contributed by atoms with Crippen LogP contribution in [0.25, 0.3) is 11.1 Å². The van der Waals surface area contributed by atoms with Crippen molar-refractivity contribution in [3.63, 3.8) is 0 Å². The molecule has 0 heterocycles. The van der Waals surface area contributed by atoms with E-state index in [0.717, 1.165) is 22.3 Å². The summed E-state index contributed by atoms with van der Waals surface area (Å²) in [5.74, 6) is 0. The largest absolute Gasteiger partial charge is 0.398 e. The molecule has 0 aliphatic heterocycles. The highest BCUT2D eigenvalue weighted by molar-refractivity contribution is 6.14. The average molecular weight is 272 g/mol. The van der Waals surface area contributed by atoms with Gasteiger partial charge in [0.15, 0.2) is 0 Å². The van der Waals surface area contributed by atoms with Gasteiger partial charge in [-0.2, -0.15) is 0 Å². The minimum Gasteiger partial charge on any atom is -0.398 e. The minimum atomic E-state index is 0.452. The molecule has 3 rings (SSSR count). The van der Waals surface area contributed by atoms with Crippen LogP contribution in [0.1, 0.15) is 11.1 Å². The van der Waals surface area contributed by atoms with Gasteiger partial charge < -0.3 is 5.73 Å². The van der Waals surface area contributed by atoms with Crippen LogP contribution in [0.4, 0.5) is 5.69 Å². The van der Waals surface area contributed by atoms with Crippen molar-refractivity contribution in [2.45, 2.75) is 0 Å². The van der Waals surface area contributed by atoms with Gasteiger partial charge in [-0.1, -0.05) is 72.8 Å². The lowest BCUT2D eigenvalue weighted by Gasteiger charge is -2.10. The van der Waals surface area contributed by atoms with E-state index < -0.39 is 0 Å². The average Bonchev–Trinajstić information content (AvgIpc) is 2.56. The van der Waals surface area contributed by atoms with Crippen molar-refractivity contribution >= 4 is 11.4 Å². The lowest BCUT2D eigenvalue weighted by Crippen LogP contribution is -2.05. The zero-order valence-electron chi connectivity index (χ0n) is 11.6. The molecule has 0 aliphatic rings. The van der Waals surface area contributed by atoms with E-state index in [1.54, 1.807) is 0 Å². The molecule has 0 aromatic heterocycles. The number of hydrogen-bond donors (Lipinski definition) is 2. The number of benzene rings is 3. The Balaban J connectivity index is 1.98. The van der Waals surface area contributed by atoms with Crippen molar-refractivity contribution in [3.05, 3.63) is 90.0 Å². The molecule has 0 saturated heterocycles. The first-order chi connectivity index (χ1) is 10.3. The summed E-state index contributed by atoms with van der Waals surface area (Å²) in [6.45, 7) is 0. The predicted molar refractivity (Wildman–Crippen MR) is 88.7 cm³/mol. The Morgan fingerprint density at radius 1 is 0.714 bits per heavy atom. The molecular formula is C19H16N2. The van der Waals surface area contributed by atoms with Crippen LogP contribution in [-0.2, 0) is 0 Å². The van der Waals surface area contributed by atoms with E-state index in [1.807, 2.05) is 66.7 Å². The molecule has 21 heavy (non-hydrogen) atoms. The van der Waals surface area contributed by atoms with E-state index in [4.69, 9.17) is 11.1 Å². The third-order valence-corrected chi connectivity index (χ3v) is 3.49. The van der Waals surface area contributed by atoms with Crippen molar-refractivity contribution in [1.82, 2.24) is 0 Å². The molecule has 3 aromatic carbocycles. The summed E-state index contributed by atoms with van der Waals surface area (Å²) < 4.78 is 0. The van der Waals surface area contributed by atoms with E-state index in [-0.39, 0.29) is 0 Å². The lowest BCUT2D eigenvalue weighted by molar-refractivity contribution is 1.45. The van der Waals surface area contributed by atoms with E-state index in [2.05, 4.69) is 12.1 Å². The fourth-order valence-corrected chi connectivity index (χ4v) is 2.36. The molecule has 0 amide bonds. The number of nitrogens with one attached hydrogen (secondary N) is 1. The van der Waals surface area contributed by atoms with E-state index in [1.165, 1.54) is 0 Å². The maximum Gasteiger partial charge on any atom is 0.0705 e. The first kappa shape index (κ1) is 13.1. The molecule has 0 spiro atoms. The molecule has 0 aliphatic carbocycles. The van der Waals surface area contributed by atoms with Gasteiger partial charge in [0.05, 0.1) is 5.71 Å². The first-order valence-electron chi connectivity index (χ1n) is 6.85.